The highest BCUT2D eigenvalue weighted by Crippen LogP contribution is 2.26. The molecular formula is C21H24N2O5S. The van der Waals surface area contributed by atoms with Crippen LogP contribution in [-0.2, 0) is 30.8 Å². The van der Waals surface area contributed by atoms with Gasteiger partial charge in [-0.05, 0) is 50.5 Å². The minimum absolute atomic E-state index is 0.0590. The molecular weight excluding hydrogens is 392 g/mol. The Labute approximate surface area is 170 Å². The minimum Gasteiger partial charge on any atom is -0.454 e. The Hall–Kier alpha value is -2.71. The predicted molar refractivity (Wildman–Crippen MR) is 109 cm³/mol. The number of amides is 1. The van der Waals surface area contributed by atoms with E-state index in [0.717, 1.165) is 29.7 Å². The van der Waals surface area contributed by atoms with Crippen molar-refractivity contribution in [1.29, 1.82) is 0 Å². The maximum Gasteiger partial charge on any atom is 0.324 e. The van der Waals surface area contributed by atoms with E-state index < -0.39 is 28.6 Å². The molecule has 0 saturated carbocycles. The van der Waals surface area contributed by atoms with Gasteiger partial charge in [-0.1, -0.05) is 35.9 Å². The second-order valence-electron chi connectivity index (χ2n) is 7.04. The lowest BCUT2D eigenvalue weighted by Crippen LogP contribution is -2.42. The molecule has 1 amide bonds. The standard InChI is InChI=1S/C21H24N2O5S/c1-15-9-11-18(12-10-15)29(26,27)22-16(2)21(25)28-14-20(24)23-13-5-7-17-6-3-4-8-19(17)23/h3-4,6,8-12,16,22H,5,7,13-14H2,1-2H3/t16-/m0/s1. The molecule has 2 aromatic rings. The van der Waals surface area contributed by atoms with Crippen LogP contribution in [0.15, 0.2) is 53.4 Å². The summed E-state index contributed by atoms with van der Waals surface area (Å²) in [6.07, 6.45) is 1.74. The number of ether oxygens (including phenoxy) is 1. The van der Waals surface area contributed by atoms with Gasteiger partial charge in [0.25, 0.3) is 5.91 Å². The highest BCUT2D eigenvalue weighted by Gasteiger charge is 2.26. The van der Waals surface area contributed by atoms with Crippen LogP contribution in [0.2, 0.25) is 0 Å². The molecule has 0 unspecified atom stereocenters. The fourth-order valence-electron chi connectivity index (χ4n) is 3.19. The third kappa shape index (κ3) is 5.02. The van der Waals surface area contributed by atoms with Gasteiger partial charge in [0.15, 0.2) is 6.61 Å². The van der Waals surface area contributed by atoms with Crippen LogP contribution in [0.1, 0.15) is 24.5 Å². The van der Waals surface area contributed by atoms with Crippen LogP contribution in [-0.4, -0.2) is 39.5 Å². The Bertz CT molecular complexity index is 1000. The van der Waals surface area contributed by atoms with E-state index in [0.29, 0.717) is 6.54 Å². The van der Waals surface area contributed by atoms with Crippen molar-refractivity contribution in [3.8, 4) is 0 Å². The fourth-order valence-corrected chi connectivity index (χ4v) is 4.39. The highest BCUT2D eigenvalue weighted by atomic mass is 32.2. The van der Waals surface area contributed by atoms with E-state index in [1.54, 1.807) is 17.0 Å². The Kier molecular flexibility index (Phi) is 6.34. The van der Waals surface area contributed by atoms with Gasteiger partial charge in [0.2, 0.25) is 10.0 Å². The van der Waals surface area contributed by atoms with Gasteiger partial charge in [-0.3, -0.25) is 9.59 Å². The Morgan fingerprint density at radius 1 is 1.14 bits per heavy atom. The van der Waals surface area contributed by atoms with Crippen LogP contribution in [0.4, 0.5) is 5.69 Å². The summed E-state index contributed by atoms with van der Waals surface area (Å²) in [5.41, 5.74) is 2.83. The van der Waals surface area contributed by atoms with Crippen LogP contribution >= 0.6 is 0 Å². The molecule has 0 aliphatic carbocycles. The lowest BCUT2D eigenvalue weighted by atomic mass is 10.0. The molecule has 0 radical (unpaired) electrons. The number of hydrogen-bond donors (Lipinski definition) is 1. The fraction of sp³-hybridized carbons (Fsp3) is 0.333. The maximum atomic E-state index is 12.5. The number of fused-ring (bicyclic) bond motifs is 1. The molecule has 8 heteroatoms. The summed E-state index contributed by atoms with van der Waals surface area (Å²) in [5.74, 6) is -1.14. The third-order valence-corrected chi connectivity index (χ3v) is 6.32. The van der Waals surface area contributed by atoms with Crippen molar-refractivity contribution in [2.75, 3.05) is 18.1 Å². The van der Waals surface area contributed by atoms with E-state index >= 15 is 0 Å². The number of nitrogens with zero attached hydrogens (tertiary/aromatic N) is 1. The Morgan fingerprint density at radius 3 is 2.55 bits per heavy atom. The van der Waals surface area contributed by atoms with Crippen LogP contribution < -0.4 is 9.62 Å². The Morgan fingerprint density at radius 2 is 1.83 bits per heavy atom. The smallest absolute Gasteiger partial charge is 0.324 e. The molecule has 0 aromatic heterocycles. The zero-order valence-corrected chi connectivity index (χ0v) is 17.2. The molecule has 7 nitrogen and oxygen atoms in total. The Balaban J connectivity index is 1.58. The first-order valence-corrected chi connectivity index (χ1v) is 10.9. The number of carbonyl (C=O) groups excluding carboxylic acids is 2. The van der Waals surface area contributed by atoms with Gasteiger partial charge in [0.05, 0.1) is 4.90 Å². The number of sulfonamides is 1. The monoisotopic (exact) mass is 416 g/mol. The number of carbonyl (C=O) groups is 2. The molecule has 3 rings (SSSR count). The van der Waals surface area contributed by atoms with Crippen molar-refractivity contribution in [3.63, 3.8) is 0 Å². The van der Waals surface area contributed by atoms with Gasteiger partial charge >= 0.3 is 5.97 Å². The maximum absolute atomic E-state index is 12.5. The molecule has 0 fully saturated rings. The first-order valence-electron chi connectivity index (χ1n) is 9.42. The molecule has 2 aromatic carbocycles. The molecule has 0 spiro atoms. The van der Waals surface area contributed by atoms with Gasteiger partial charge in [-0.2, -0.15) is 4.72 Å². The number of esters is 1. The van der Waals surface area contributed by atoms with Crippen molar-refractivity contribution in [3.05, 3.63) is 59.7 Å². The van der Waals surface area contributed by atoms with Crippen LogP contribution in [0.3, 0.4) is 0 Å². The van der Waals surface area contributed by atoms with Gasteiger partial charge in [-0.15, -0.1) is 0 Å². The lowest BCUT2D eigenvalue weighted by Gasteiger charge is -2.29. The second-order valence-corrected chi connectivity index (χ2v) is 8.76. The number of para-hydroxylation sites is 1. The average Bonchev–Trinajstić information content (AvgIpc) is 2.71. The summed E-state index contributed by atoms with van der Waals surface area (Å²) in [6.45, 7) is 3.35. The van der Waals surface area contributed by atoms with E-state index in [2.05, 4.69) is 4.72 Å². The zero-order chi connectivity index (χ0) is 21.0. The van der Waals surface area contributed by atoms with Crippen molar-refractivity contribution in [1.82, 2.24) is 4.72 Å². The number of anilines is 1. The van der Waals surface area contributed by atoms with Gasteiger partial charge in [-0.25, -0.2) is 8.42 Å². The summed E-state index contributed by atoms with van der Waals surface area (Å²) < 4.78 is 32.1. The molecule has 1 atom stereocenters. The summed E-state index contributed by atoms with van der Waals surface area (Å²) >= 11 is 0. The summed E-state index contributed by atoms with van der Waals surface area (Å²) in [7, 11) is -3.87. The number of rotatable bonds is 6. The molecule has 1 aliphatic heterocycles. The SMILES string of the molecule is Cc1ccc(S(=O)(=O)N[C@@H](C)C(=O)OCC(=O)N2CCCc3ccccc32)cc1. The van der Waals surface area contributed by atoms with Crippen molar-refractivity contribution >= 4 is 27.6 Å². The van der Waals surface area contributed by atoms with Crippen LogP contribution in [0.5, 0.6) is 0 Å². The van der Waals surface area contributed by atoms with Gasteiger partial charge in [0, 0.05) is 12.2 Å². The number of benzene rings is 2. The molecule has 154 valence electrons. The number of aryl methyl sites for hydroxylation is 2. The van der Waals surface area contributed by atoms with Crippen molar-refractivity contribution in [2.45, 2.75) is 37.6 Å². The van der Waals surface area contributed by atoms with Crippen molar-refractivity contribution < 1.29 is 22.7 Å². The van der Waals surface area contributed by atoms with Crippen molar-refractivity contribution in [2.24, 2.45) is 0 Å². The largest absolute Gasteiger partial charge is 0.454 e. The number of hydrogen-bond acceptors (Lipinski definition) is 5. The minimum atomic E-state index is -3.87. The third-order valence-electron chi connectivity index (χ3n) is 4.77. The second kappa shape index (κ2) is 8.75. The van der Waals surface area contributed by atoms with E-state index in [4.69, 9.17) is 4.74 Å². The number of nitrogens with one attached hydrogen (secondary N) is 1. The van der Waals surface area contributed by atoms with Gasteiger partial charge < -0.3 is 9.64 Å². The molecule has 29 heavy (non-hydrogen) atoms. The zero-order valence-electron chi connectivity index (χ0n) is 16.4. The summed E-state index contributed by atoms with van der Waals surface area (Å²) in [4.78, 5) is 26.4. The molecule has 0 saturated heterocycles. The molecule has 0 bridgehead atoms. The van der Waals surface area contributed by atoms with Crippen LogP contribution in [0.25, 0.3) is 0 Å². The normalized spacial score (nSPS) is 14.8. The molecule has 1 heterocycles. The first kappa shape index (κ1) is 21.0. The molecule has 1 N–H and O–H groups in total. The molecule has 1 aliphatic rings. The van der Waals surface area contributed by atoms with E-state index in [9.17, 15) is 18.0 Å². The van der Waals surface area contributed by atoms with E-state index in [1.807, 2.05) is 31.2 Å². The van der Waals surface area contributed by atoms with Gasteiger partial charge in [0.1, 0.15) is 6.04 Å². The highest BCUT2D eigenvalue weighted by molar-refractivity contribution is 7.89. The summed E-state index contributed by atoms with van der Waals surface area (Å²) in [6, 6.07) is 12.8. The first-order chi connectivity index (χ1) is 13.8. The van der Waals surface area contributed by atoms with E-state index in [1.165, 1.54) is 19.1 Å². The lowest BCUT2D eigenvalue weighted by molar-refractivity contribution is -0.149. The van der Waals surface area contributed by atoms with Crippen LogP contribution in [0, 0.1) is 6.92 Å². The van der Waals surface area contributed by atoms with E-state index in [-0.39, 0.29) is 10.8 Å². The predicted octanol–water partition coefficient (Wildman–Crippen LogP) is 2.18. The average molecular weight is 416 g/mol. The summed E-state index contributed by atoms with van der Waals surface area (Å²) in [5, 5.41) is 0. The quantitative estimate of drug-likeness (QED) is 0.729. The topological polar surface area (TPSA) is 92.8 Å².